The zero-order valence-electron chi connectivity index (χ0n) is 9.90. The third-order valence-electron chi connectivity index (χ3n) is 2.29. The lowest BCUT2D eigenvalue weighted by Gasteiger charge is -2.15. The van der Waals surface area contributed by atoms with Crippen LogP contribution in [0.5, 0.6) is 0 Å². The Balaban J connectivity index is 2.88. The van der Waals surface area contributed by atoms with Crippen LogP contribution in [-0.4, -0.2) is 25.9 Å². The largest absolute Gasteiger partial charge is 0.468 e. The summed E-state index contributed by atoms with van der Waals surface area (Å²) >= 11 is 1.65. The summed E-state index contributed by atoms with van der Waals surface area (Å²) < 4.78 is 4.75. The van der Waals surface area contributed by atoms with E-state index in [2.05, 4.69) is 11.2 Å². The fraction of sp³-hybridized carbons (Fsp3) is 0.308. The van der Waals surface area contributed by atoms with Gasteiger partial charge in [-0.1, -0.05) is 18.1 Å². The molecule has 17 heavy (non-hydrogen) atoms. The van der Waals surface area contributed by atoms with Crippen LogP contribution in [0.4, 0.5) is 0 Å². The molecule has 0 aliphatic heterocycles. The first kappa shape index (κ1) is 13.6. The van der Waals surface area contributed by atoms with Gasteiger partial charge in [-0.2, -0.15) is 0 Å². The van der Waals surface area contributed by atoms with Crippen molar-refractivity contribution in [2.45, 2.75) is 10.9 Å². The van der Waals surface area contributed by atoms with Crippen LogP contribution in [-0.2, 0) is 9.53 Å². The number of rotatable bonds is 5. The Labute approximate surface area is 106 Å². The Morgan fingerprint density at radius 1 is 1.53 bits per heavy atom. The lowest BCUT2D eigenvalue weighted by Crippen LogP contribution is -2.29. The summed E-state index contributed by atoms with van der Waals surface area (Å²) in [6.07, 6.45) is 7.18. The number of benzene rings is 1. The van der Waals surface area contributed by atoms with Crippen LogP contribution in [0.3, 0.4) is 0 Å². The van der Waals surface area contributed by atoms with Gasteiger partial charge >= 0.3 is 5.97 Å². The van der Waals surface area contributed by atoms with E-state index in [-0.39, 0.29) is 5.97 Å². The Bertz CT molecular complexity index is 408. The fourth-order valence-electron chi connectivity index (χ4n) is 1.41. The summed E-state index contributed by atoms with van der Waals surface area (Å²) in [6, 6.07) is 7.22. The van der Waals surface area contributed by atoms with Crippen molar-refractivity contribution in [3.05, 3.63) is 29.8 Å². The summed E-state index contributed by atoms with van der Waals surface area (Å²) in [4.78, 5) is 12.8. The Hall–Kier alpha value is -1.44. The van der Waals surface area contributed by atoms with Crippen molar-refractivity contribution in [1.82, 2.24) is 5.32 Å². The zero-order chi connectivity index (χ0) is 12.7. The van der Waals surface area contributed by atoms with E-state index in [1.807, 2.05) is 30.5 Å². The summed E-state index contributed by atoms with van der Waals surface area (Å²) in [6.45, 7) is 0.323. The van der Waals surface area contributed by atoms with Gasteiger partial charge in [0.25, 0.3) is 0 Å². The van der Waals surface area contributed by atoms with Crippen LogP contribution < -0.4 is 5.32 Å². The number of methoxy groups -OCH3 is 1. The van der Waals surface area contributed by atoms with E-state index in [0.29, 0.717) is 6.54 Å². The molecule has 3 nitrogen and oxygen atoms in total. The number of esters is 1. The van der Waals surface area contributed by atoms with Gasteiger partial charge in [-0.3, -0.25) is 5.32 Å². The Kier molecular flexibility index (Phi) is 5.61. The maximum Gasteiger partial charge on any atom is 0.327 e. The number of ether oxygens (including phenoxy) is 1. The predicted octanol–water partition coefficient (Wildman–Crippen LogP) is 1.85. The topological polar surface area (TPSA) is 38.3 Å². The van der Waals surface area contributed by atoms with Crippen molar-refractivity contribution in [2.24, 2.45) is 0 Å². The molecule has 4 heteroatoms. The average Bonchev–Trinajstić information content (AvgIpc) is 2.39. The number of carbonyl (C=O) groups is 1. The molecular weight excluding hydrogens is 234 g/mol. The summed E-state index contributed by atoms with van der Waals surface area (Å²) in [7, 11) is 1.36. The van der Waals surface area contributed by atoms with Crippen LogP contribution in [0.15, 0.2) is 29.2 Å². The van der Waals surface area contributed by atoms with Crippen LogP contribution >= 0.6 is 11.8 Å². The monoisotopic (exact) mass is 249 g/mol. The van der Waals surface area contributed by atoms with E-state index in [0.717, 1.165) is 10.5 Å². The first-order valence-corrected chi connectivity index (χ1v) is 6.34. The van der Waals surface area contributed by atoms with E-state index in [1.165, 1.54) is 7.11 Å². The molecule has 1 atom stereocenters. The van der Waals surface area contributed by atoms with Gasteiger partial charge in [-0.25, -0.2) is 4.79 Å². The molecule has 0 spiro atoms. The minimum Gasteiger partial charge on any atom is -0.468 e. The smallest absolute Gasteiger partial charge is 0.327 e. The molecule has 0 amide bonds. The summed E-state index contributed by atoms with van der Waals surface area (Å²) in [5.74, 6) is 2.11. The highest BCUT2D eigenvalue weighted by Gasteiger charge is 2.19. The lowest BCUT2D eigenvalue weighted by molar-refractivity contribution is -0.143. The molecule has 0 heterocycles. The highest BCUT2D eigenvalue weighted by Crippen LogP contribution is 2.19. The first-order chi connectivity index (χ1) is 8.22. The lowest BCUT2D eigenvalue weighted by atomic mass is 10.1. The van der Waals surface area contributed by atoms with Crippen LogP contribution in [0.25, 0.3) is 0 Å². The first-order valence-electron chi connectivity index (χ1n) is 5.11. The van der Waals surface area contributed by atoms with Crippen LogP contribution in [0.2, 0.25) is 0 Å². The molecule has 1 aromatic rings. The second-order valence-corrected chi connectivity index (χ2v) is 4.19. The van der Waals surface area contributed by atoms with Crippen molar-refractivity contribution in [1.29, 1.82) is 0 Å². The van der Waals surface area contributed by atoms with E-state index in [9.17, 15) is 4.79 Å². The fourth-order valence-corrected chi connectivity index (χ4v) is 1.82. The van der Waals surface area contributed by atoms with Gasteiger partial charge < -0.3 is 4.74 Å². The zero-order valence-corrected chi connectivity index (χ0v) is 10.7. The third kappa shape index (κ3) is 3.81. The highest BCUT2D eigenvalue weighted by atomic mass is 32.2. The Morgan fingerprint density at radius 3 is 2.65 bits per heavy atom. The van der Waals surface area contributed by atoms with Crippen molar-refractivity contribution in [3.8, 4) is 12.3 Å². The molecular formula is C13H15NO2S. The molecule has 0 saturated heterocycles. The minimum atomic E-state index is -0.507. The van der Waals surface area contributed by atoms with Crippen molar-refractivity contribution >= 4 is 17.7 Å². The second-order valence-electron chi connectivity index (χ2n) is 3.31. The van der Waals surface area contributed by atoms with E-state index >= 15 is 0 Å². The average molecular weight is 249 g/mol. The number of nitrogens with one attached hydrogen (secondary N) is 1. The van der Waals surface area contributed by atoms with E-state index in [4.69, 9.17) is 11.2 Å². The minimum absolute atomic E-state index is 0.323. The molecule has 0 saturated carbocycles. The van der Waals surface area contributed by atoms with Crippen LogP contribution in [0, 0.1) is 12.3 Å². The van der Waals surface area contributed by atoms with Crippen molar-refractivity contribution in [3.63, 3.8) is 0 Å². The molecule has 0 aliphatic rings. The molecule has 0 fully saturated rings. The van der Waals surface area contributed by atoms with Gasteiger partial charge in [0, 0.05) is 4.90 Å². The highest BCUT2D eigenvalue weighted by molar-refractivity contribution is 7.98. The van der Waals surface area contributed by atoms with Crippen LogP contribution in [0.1, 0.15) is 11.6 Å². The van der Waals surface area contributed by atoms with Crippen molar-refractivity contribution in [2.75, 3.05) is 19.9 Å². The Morgan fingerprint density at radius 2 is 2.18 bits per heavy atom. The van der Waals surface area contributed by atoms with Gasteiger partial charge in [0.2, 0.25) is 0 Å². The van der Waals surface area contributed by atoms with Gasteiger partial charge in [0.15, 0.2) is 0 Å². The maximum atomic E-state index is 11.6. The van der Waals surface area contributed by atoms with E-state index in [1.54, 1.807) is 11.8 Å². The van der Waals surface area contributed by atoms with Gasteiger partial charge in [-0.15, -0.1) is 18.2 Å². The maximum absolute atomic E-state index is 11.6. The SMILES string of the molecule is C#CCNC(C(=O)OC)c1ccc(SC)cc1. The molecule has 1 aromatic carbocycles. The van der Waals surface area contributed by atoms with Crippen molar-refractivity contribution < 1.29 is 9.53 Å². The van der Waals surface area contributed by atoms with E-state index < -0.39 is 6.04 Å². The second kappa shape index (κ2) is 7.00. The molecule has 0 radical (unpaired) electrons. The number of carbonyl (C=O) groups excluding carboxylic acids is 1. The normalized spacial score (nSPS) is 11.6. The number of hydrogen-bond acceptors (Lipinski definition) is 4. The number of thioether (sulfide) groups is 1. The standard InChI is InChI=1S/C13H15NO2S/c1-4-9-14-12(13(15)16-2)10-5-7-11(17-3)8-6-10/h1,5-8,12,14H,9H2,2-3H3. The molecule has 1 unspecified atom stereocenters. The molecule has 0 aromatic heterocycles. The summed E-state index contributed by atoms with van der Waals surface area (Å²) in [5.41, 5.74) is 0.852. The molecule has 90 valence electrons. The molecule has 1 N–H and O–H groups in total. The molecule has 1 rings (SSSR count). The van der Waals surface area contributed by atoms with Gasteiger partial charge in [0.1, 0.15) is 6.04 Å². The van der Waals surface area contributed by atoms with Gasteiger partial charge in [0.05, 0.1) is 13.7 Å². The third-order valence-corrected chi connectivity index (χ3v) is 3.04. The molecule has 0 bridgehead atoms. The summed E-state index contributed by atoms with van der Waals surface area (Å²) in [5, 5.41) is 2.96. The number of terminal acetylenes is 1. The predicted molar refractivity (Wildman–Crippen MR) is 69.8 cm³/mol. The van der Waals surface area contributed by atoms with Gasteiger partial charge in [-0.05, 0) is 24.0 Å². The quantitative estimate of drug-likeness (QED) is 0.491. The number of hydrogen-bond donors (Lipinski definition) is 1. The molecule has 0 aliphatic carbocycles.